The average molecular weight is 464 g/mol. The molecule has 0 aliphatic heterocycles. The SMILES string of the molecule is Cc1ccc(Br)cc1S(=O)(=O)Nc1c(C(C)C)n(C)n(-c2ccccc2)c1=O. The van der Waals surface area contributed by atoms with Crippen LogP contribution in [0.2, 0.25) is 0 Å². The average Bonchev–Trinajstić information content (AvgIpc) is 2.87. The lowest BCUT2D eigenvalue weighted by Gasteiger charge is -2.14. The highest BCUT2D eigenvalue weighted by Crippen LogP contribution is 2.27. The second-order valence-corrected chi connectivity index (χ2v) is 9.47. The molecule has 6 nitrogen and oxygen atoms in total. The van der Waals surface area contributed by atoms with Crippen LogP contribution < -0.4 is 10.3 Å². The first-order valence-electron chi connectivity index (χ1n) is 8.79. The van der Waals surface area contributed by atoms with Gasteiger partial charge in [0.05, 0.1) is 16.3 Å². The maximum atomic E-state index is 13.2. The largest absolute Gasteiger partial charge is 0.296 e. The van der Waals surface area contributed by atoms with Gasteiger partial charge in [-0.3, -0.25) is 14.2 Å². The minimum atomic E-state index is -3.94. The highest BCUT2D eigenvalue weighted by Gasteiger charge is 2.26. The minimum absolute atomic E-state index is 0.0658. The van der Waals surface area contributed by atoms with Crippen LogP contribution in [0.15, 0.2) is 62.7 Å². The zero-order chi connectivity index (χ0) is 20.6. The Morgan fingerprint density at radius 1 is 1.07 bits per heavy atom. The Morgan fingerprint density at radius 3 is 2.32 bits per heavy atom. The summed E-state index contributed by atoms with van der Waals surface area (Å²) >= 11 is 3.31. The van der Waals surface area contributed by atoms with E-state index in [1.165, 1.54) is 10.7 Å². The third kappa shape index (κ3) is 3.66. The molecule has 0 saturated carbocycles. The van der Waals surface area contributed by atoms with Crippen LogP contribution in [-0.2, 0) is 17.1 Å². The molecule has 8 heteroatoms. The number of aromatic nitrogens is 2. The molecule has 2 aromatic carbocycles. The van der Waals surface area contributed by atoms with Crippen molar-refractivity contribution in [3.8, 4) is 5.69 Å². The number of rotatable bonds is 5. The number of para-hydroxylation sites is 1. The van der Waals surface area contributed by atoms with E-state index < -0.39 is 15.6 Å². The van der Waals surface area contributed by atoms with Crippen LogP contribution in [-0.4, -0.2) is 17.8 Å². The number of sulfonamides is 1. The van der Waals surface area contributed by atoms with Gasteiger partial charge in [0.1, 0.15) is 5.69 Å². The molecular weight excluding hydrogens is 442 g/mol. The summed E-state index contributed by atoms with van der Waals surface area (Å²) < 4.78 is 32.5. The highest BCUT2D eigenvalue weighted by atomic mass is 79.9. The Hall–Kier alpha value is -2.32. The molecule has 1 aromatic heterocycles. The lowest BCUT2D eigenvalue weighted by Crippen LogP contribution is -2.23. The summed E-state index contributed by atoms with van der Waals surface area (Å²) in [7, 11) is -2.18. The normalized spacial score (nSPS) is 11.8. The van der Waals surface area contributed by atoms with E-state index in [9.17, 15) is 13.2 Å². The van der Waals surface area contributed by atoms with E-state index in [4.69, 9.17) is 0 Å². The molecule has 0 bridgehead atoms. The van der Waals surface area contributed by atoms with E-state index in [1.54, 1.807) is 30.8 Å². The third-order valence-corrected chi connectivity index (χ3v) is 6.52. The Labute approximate surface area is 173 Å². The second-order valence-electron chi connectivity index (χ2n) is 6.91. The quantitative estimate of drug-likeness (QED) is 0.616. The second kappa shape index (κ2) is 7.60. The lowest BCUT2D eigenvalue weighted by atomic mass is 10.1. The van der Waals surface area contributed by atoms with E-state index in [0.717, 1.165) is 0 Å². The maximum absolute atomic E-state index is 13.2. The van der Waals surface area contributed by atoms with Crippen molar-refractivity contribution in [2.45, 2.75) is 31.6 Å². The summed E-state index contributed by atoms with van der Waals surface area (Å²) in [4.78, 5) is 13.3. The van der Waals surface area contributed by atoms with Gasteiger partial charge in [0.2, 0.25) is 0 Å². The fourth-order valence-electron chi connectivity index (χ4n) is 3.29. The lowest BCUT2D eigenvalue weighted by molar-refractivity contribution is 0.594. The summed E-state index contributed by atoms with van der Waals surface area (Å²) in [5.41, 5.74) is 1.54. The number of anilines is 1. The molecule has 28 heavy (non-hydrogen) atoms. The van der Waals surface area contributed by atoms with Crippen molar-refractivity contribution in [1.29, 1.82) is 0 Å². The molecule has 0 atom stereocenters. The molecule has 3 rings (SSSR count). The number of nitrogens with zero attached hydrogens (tertiary/aromatic N) is 2. The van der Waals surface area contributed by atoms with Crippen LogP contribution >= 0.6 is 15.9 Å². The monoisotopic (exact) mass is 463 g/mol. The Balaban J connectivity index is 2.20. The van der Waals surface area contributed by atoms with Gasteiger partial charge in [0, 0.05) is 11.5 Å². The first-order chi connectivity index (χ1) is 13.1. The van der Waals surface area contributed by atoms with Crippen molar-refractivity contribution in [2.75, 3.05) is 4.72 Å². The van der Waals surface area contributed by atoms with Crippen molar-refractivity contribution >= 4 is 31.6 Å². The van der Waals surface area contributed by atoms with Crippen LogP contribution in [0.3, 0.4) is 0 Å². The first kappa shape index (κ1) is 20.4. The number of benzene rings is 2. The fourth-order valence-corrected chi connectivity index (χ4v) is 5.15. The summed E-state index contributed by atoms with van der Waals surface area (Å²) in [5, 5.41) is 0. The number of nitrogens with one attached hydrogen (secondary N) is 1. The molecule has 148 valence electrons. The molecule has 3 aromatic rings. The minimum Gasteiger partial charge on any atom is -0.283 e. The van der Waals surface area contributed by atoms with Crippen LogP contribution in [0.4, 0.5) is 5.69 Å². The molecule has 0 radical (unpaired) electrons. The van der Waals surface area contributed by atoms with Crippen LogP contribution in [0.1, 0.15) is 31.0 Å². The van der Waals surface area contributed by atoms with Crippen molar-refractivity contribution in [2.24, 2.45) is 7.05 Å². The zero-order valence-electron chi connectivity index (χ0n) is 16.1. The van der Waals surface area contributed by atoms with E-state index in [1.807, 2.05) is 44.2 Å². The van der Waals surface area contributed by atoms with E-state index in [-0.39, 0.29) is 16.5 Å². The van der Waals surface area contributed by atoms with Gasteiger partial charge in [-0.1, -0.05) is 54.0 Å². The van der Waals surface area contributed by atoms with Gasteiger partial charge in [0.15, 0.2) is 0 Å². The Morgan fingerprint density at radius 2 is 1.71 bits per heavy atom. The Kier molecular flexibility index (Phi) is 5.54. The predicted octanol–water partition coefficient (Wildman–Crippen LogP) is 4.17. The first-order valence-corrected chi connectivity index (χ1v) is 11.1. The van der Waals surface area contributed by atoms with Gasteiger partial charge < -0.3 is 0 Å². The molecule has 0 unspecified atom stereocenters. The van der Waals surface area contributed by atoms with Crippen LogP contribution in [0.25, 0.3) is 5.69 Å². The molecule has 0 aliphatic rings. The Bertz CT molecular complexity index is 1180. The van der Waals surface area contributed by atoms with E-state index >= 15 is 0 Å². The molecule has 0 saturated heterocycles. The van der Waals surface area contributed by atoms with Gasteiger partial charge in [-0.25, -0.2) is 13.1 Å². The molecule has 1 heterocycles. The van der Waals surface area contributed by atoms with Crippen LogP contribution in [0.5, 0.6) is 0 Å². The maximum Gasteiger partial charge on any atom is 0.296 e. The number of hydrogen-bond acceptors (Lipinski definition) is 3. The fraction of sp³-hybridized carbons (Fsp3) is 0.250. The standard InChI is InChI=1S/C20H22BrN3O3S/c1-13(2)19-18(20(25)24(23(19)4)16-8-6-5-7-9-16)22-28(26,27)17-12-15(21)11-10-14(17)3/h5-13,22H,1-4H3. The van der Waals surface area contributed by atoms with Gasteiger partial charge in [0.25, 0.3) is 15.6 Å². The van der Waals surface area contributed by atoms with Crippen molar-refractivity contribution < 1.29 is 8.42 Å². The third-order valence-electron chi connectivity index (χ3n) is 4.53. The zero-order valence-corrected chi connectivity index (χ0v) is 18.5. The summed E-state index contributed by atoms with van der Waals surface area (Å²) in [5.74, 6) is -0.0658. The number of aryl methyl sites for hydroxylation is 1. The highest BCUT2D eigenvalue weighted by molar-refractivity contribution is 9.10. The van der Waals surface area contributed by atoms with E-state index in [0.29, 0.717) is 21.4 Å². The predicted molar refractivity (Wildman–Crippen MR) is 115 cm³/mol. The smallest absolute Gasteiger partial charge is 0.283 e. The van der Waals surface area contributed by atoms with E-state index in [2.05, 4.69) is 20.7 Å². The van der Waals surface area contributed by atoms with Gasteiger partial charge >= 0.3 is 0 Å². The molecule has 0 spiro atoms. The summed E-state index contributed by atoms with van der Waals surface area (Å²) in [6.45, 7) is 5.57. The molecule has 1 N–H and O–H groups in total. The molecule has 0 amide bonds. The number of hydrogen-bond donors (Lipinski definition) is 1. The molecule has 0 fully saturated rings. The molecular formula is C20H22BrN3O3S. The van der Waals surface area contributed by atoms with Gasteiger partial charge in [-0.2, -0.15) is 0 Å². The summed E-state index contributed by atoms with van der Waals surface area (Å²) in [6.07, 6.45) is 0. The van der Waals surface area contributed by atoms with Crippen molar-refractivity contribution in [1.82, 2.24) is 9.36 Å². The number of halogens is 1. The van der Waals surface area contributed by atoms with Gasteiger partial charge in [-0.15, -0.1) is 0 Å². The summed E-state index contributed by atoms with van der Waals surface area (Å²) in [6, 6.07) is 14.2. The van der Waals surface area contributed by atoms with Crippen molar-refractivity contribution in [3.05, 3.63) is 74.6 Å². The van der Waals surface area contributed by atoms with Crippen molar-refractivity contribution in [3.63, 3.8) is 0 Å². The topological polar surface area (TPSA) is 73.1 Å². The van der Waals surface area contributed by atoms with Crippen LogP contribution in [0, 0.1) is 6.92 Å². The van der Waals surface area contributed by atoms with Gasteiger partial charge in [-0.05, 0) is 42.7 Å². The molecule has 0 aliphatic carbocycles.